The summed E-state index contributed by atoms with van der Waals surface area (Å²) in [7, 11) is 0. The molecule has 1 aromatic heterocycles. The summed E-state index contributed by atoms with van der Waals surface area (Å²) in [6, 6.07) is 3.51. The van der Waals surface area contributed by atoms with Crippen molar-refractivity contribution >= 4 is 38.4 Å². The number of hydrogen-bond donors (Lipinski definition) is 0. The van der Waals surface area contributed by atoms with E-state index < -0.39 is 11.7 Å². The summed E-state index contributed by atoms with van der Waals surface area (Å²) in [5.74, 6) is -3.66. The van der Waals surface area contributed by atoms with Gasteiger partial charge in [-0.15, -0.1) is 0 Å². The maximum Gasteiger partial charge on any atom is 0.303 e. The van der Waals surface area contributed by atoms with Crippen LogP contribution in [0.25, 0.3) is 10.9 Å². The van der Waals surface area contributed by atoms with E-state index in [-0.39, 0.29) is 5.15 Å². The first-order valence-corrected chi connectivity index (χ1v) is 5.98. The molecular weight excluding hydrogens is 313 g/mol. The van der Waals surface area contributed by atoms with Gasteiger partial charge >= 0.3 is 5.92 Å². The third-order valence-corrected chi connectivity index (χ3v) is 3.05. The Morgan fingerprint density at radius 2 is 1.94 bits per heavy atom. The summed E-state index contributed by atoms with van der Waals surface area (Å²) in [5, 5.41) is 0.600. The lowest BCUT2D eigenvalue weighted by molar-refractivity contribution is 0.00808. The van der Waals surface area contributed by atoms with E-state index in [4.69, 9.17) is 11.6 Å². The molecule has 17 heavy (non-hydrogen) atoms. The molecule has 0 saturated carbocycles. The highest BCUT2D eigenvalue weighted by molar-refractivity contribution is 9.10. The Morgan fingerprint density at radius 3 is 2.53 bits per heavy atom. The average Bonchev–Trinajstić information content (AvgIpc) is 2.17. The van der Waals surface area contributed by atoms with E-state index in [1.165, 1.54) is 0 Å². The first kappa shape index (κ1) is 12.6. The van der Waals surface area contributed by atoms with Gasteiger partial charge in [-0.2, -0.15) is 8.78 Å². The fourth-order valence-electron chi connectivity index (χ4n) is 1.52. The Hall–Kier alpha value is -0.810. The molecule has 2 nitrogen and oxygen atoms in total. The number of aryl methyl sites for hydroxylation is 1. The molecule has 1 aromatic carbocycles. The molecule has 0 N–H and O–H groups in total. The van der Waals surface area contributed by atoms with Gasteiger partial charge in [0.05, 0.1) is 5.52 Å². The Kier molecular flexibility index (Phi) is 3.08. The highest BCUT2D eigenvalue weighted by atomic mass is 79.9. The minimum Gasteiger partial charge on any atom is -0.227 e. The van der Waals surface area contributed by atoms with Crippen LogP contribution in [0.1, 0.15) is 18.3 Å². The van der Waals surface area contributed by atoms with E-state index in [0.717, 1.165) is 17.0 Å². The molecule has 2 rings (SSSR count). The third-order valence-electron chi connectivity index (χ3n) is 2.30. The number of nitrogens with zero attached hydrogens (tertiary/aromatic N) is 2. The van der Waals surface area contributed by atoms with Gasteiger partial charge in [0.2, 0.25) is 5.82 Å². The minimum atomic E-state index is -3.10. The molecule has 0 atom stereocenters. The fraction of sp³-hybridized carbons (Fsp3) is 0.273. The lowest BCUT2D eigenvalue weighted by Crippen LogP contribution is -2.13. The molecular formula is C11H8BrClF2N2. The molecule has 0 amide bonds. The molecule has 0 bridgehead atoms. The van der Waals surface area contributed by atoms with Crippen molar-refractivity contribution in [1.82, 2.24) is 9.97 Å². The van der Waals surface area contributed by atoms with Gasteiger partial charge in [0.1, 0.15) is 5.15 Å². The summed E-state index contributed by atoms with van der Waals surface area (Å²) in [4.78, 5) is 7.52. The van der Waals surface area contributed by atoms with Crippen molar-refractivity contribution in [3.63, 3.8) is 0 Å². The van der Waals surface area contributed by atoms with E-state index in [2.05, 4.69) is 25.9 Å². The van der Waals surface area contributed by atoms with Crippen molar-refractivity contribution in [1.29, 1.82) is 0 Å². The van der Waals surface area contributed by atoms with E-state index in [1.807, 2.05) is 0 Å². The Morgan fingerprint density at radius 1 is 1.29 bits per heavy atom. The van der Waals surface area contributed by atoms with E-state index >= 15 is 0 Å². The quantitative estimate of drug-likeness (QED) is 0.724. The molecule has 2 aromatic rings. The van der Waals surface area contributed by atoms with E-state index in [0.29, 0.717) is 10.9 Å². The molecule has 1 heterocycles. The van der Waals surface area contributed by atoms with Crippen LogP contribution in [0.2, 0.25) is 5.15 Å². The average molecular weight is 322 g/mol. The molecule has 0 aliphatic carbocycles. The highest BCUT2D eigenvalue weighted by Crippen LogP contribution is 2.31. The van der Waals surface area contributed by atoms with Gasteiger partial charge in [-0.3, -0.25) is 0 Å². The highest BCUT2D eigenvalue weighted by Gasteiger charge is 2.29. The van der Waals surface area contributed by atoms with Crippen LogP contribution in [0.4, 0.5) is 8.78 Å². The van der Waals surface area contributed by atoms with Crippen molar-refractivity contribution in [2.24, 2.45) is 0 Å². The maximum absolute atomic E-state index is 13.2. The maximum atomic E-state index is 13.2. The third kappa shape index (κ3) is 2.40. The summed E-state index contributed by atoms with van der Waals surface area (Å²) in [6.45, 7) is 2.53. The summed E-state index contributed by atoms with van der Waals surface area (Å²) >= 11 is 9.22. The second kappa shape index (κ2) is 4.14. The van der Waals surface area contributed by atoms with Gasteiger partial charge in [-0.25, -0.2) is 9.97 Å². The SMILES string of the molecule is Cc1cc(Br)cc2c(Cl)nc(C(C)(F)F)nc12. The van der Waals surface area contributed by atoms with Gasteiger partial charge in [0.25, 0.3) is 0 Å². The number of halogens is 4. The second-order valence-corrected chi connectivity index (χ2v) is 5.12. The molecule has 6 heteroatoms. The predicted octanol–water partition coefficient (Wildman–Crippen LogP) is 4.47. The van der Waals surface area contributed by atoms with Crippen molar-refractivity contribution in [3.8, 4) is 0 Å². The van der Waals surface area contributed by atoms with Crippen LogP contribution in [0.5, 0.6) is 0 Å². The Bertz CT molecular complexity index is 596. The van der Waals surface area contributed by atoms with Crippen LogP contribution < -0.4 is 0 Å². The van der Waals surface area contributed by atoms with Crippen molar-refractivity contribution in [2.45, 2.75) is 19.8 Å². The second-order valence-electron chi connectivity index (χ2n) is 3.85. The van der Waals surface area contributed by atoms with Crippen LogP contribution in [-0.4, -0.2) is 9.97 Å². The predicted molar refractivity (Wildman–Crippen MR) is 66.6 cm³/mol. The normalized spacial score (nSPS) is 12.1. The zero-order valence-electron chi connectivity index (χ0n) is 9.06. The van der Waals surface area contributed by atoms with Crippen LogP contribution in [0.3, 0.4) is 0 Å². The van der Waals surface area contributed by atoms with Gasteiger partial charge in [-0.1, -0.05) is 27.5 Å². The molecule has 90 valence electrons. The largest absolute Gasteiger partial charge is 0.303 e. The van der Waals surface area contributed by atoms with Crippen LogP contribution in [0.15, 0.2) is 16.6 Å². The number of benzene rings is 1. The Balaban J connectivity index is 2.83. The first-order valence-electron chi connectivity index (χ1n) is 4.81. The number of alkyl halides is 2. The van der Waals surface area contributed by atoms with Crippen molar-refractivity contribution in [2.75, 3.05) is 0 Å². The topological polar surface area (TPSA) is 25.8 Å². The van der Waals surface area contributed by atoms with Gasteiger partial charge < -0.3 is 0 Å². The van der Waals surface area contributed by atoms with Gasteiger partial charge in [0, 0.05) is 16.8 Å². The molecule has 0 fully saturated rings. The minimum absolute atomic E-state index is 0.0379. The lowest BCUT2D eigenvalue weighted by atomic mass is 10.1. The molecule has 0 aliphatic rings. The molecule has 0 unspecified atom stereocenters. The summed E-state index contributed by atoms with van der Waals surface area (Å²) in [5.41, 5.74) is 1.22. The van der Waals surface area contributed by atoms with E-state index in [9.17, 15) is 8.78 Å². The number of fused-ring (bicyclic) bond motifs is 1. The summed E-state index contributed by atoms with van der Waals surface area (Å²) < 4.78 is 27.2. The van der Waals surface area contributed by atoms with Gasteiger partial charge in [0.15, 0.2) is 0 Å². The number of aromatic nitrogens is 2. The van der Waals surface area contributed by atoms with Crippen LogP contribution in [-0.2, 0) is 5.92 Å². The number of hydrogen-bond acceptors (Lipinski definition) is 2. The number of rotatable bonds is 1. The van der Waals surface area contributed by atoms with Crippen molar-refractivity contribution < 1.29 is 8.78 Å². The molecule has 0 saturated heterocycles. The lowest BCUT2D eigenvalue weighted by Gasteiger charge is -2.11. The molecule has 0 radical (unpaired) electrons. The van der Waals surface area contributed by atoms with Crippen LogP contribution in [0, 0.1) is 6.92 Å². The van der Waals surface area contributed by atoms with Crippen LogP contribution >= 0.6 is 27.5 Å². The molecule has 0 aliphatic heterocycles. The van der Waals surface area contributed by atoms with Gasteiger partial charge in [-0.05, 0) is 24.6 Å². The Labute approximate surface area is 110 Å². The zero-order chi connectivity index (χ0) is 12.8. The molecule has 0 spiro atoms. The van der Waals surface area contributed by atoms with E-state index in [1.54, 1.807) is 19.1 Å². The van der Waals surface area contributed by atoms with Crippen molar-refractivity contribution in [3.05, 3.63) is 33.1 Å². The monoisotopic (exact) mass is 320 g/mol. The summed E-state index contributed by atoms with van der Waals surface area (Å²) in [6.07, 6.45) is 0. The standard InChI is InChI=1S/C11H8BrClF2N2/c1-5-3-6(12)4-7-8(5)16-10(11(2,14)15)17-9(7)13/h3-4H,1-2H3. The smallest absolute Gasteiger partial charge is 0.227 e. The fourth-order valence-corrected chi connectivity index (χ4v) is 2.32. The zero-order valence-corrected chi connectivity index (χ0v) is 11.4. The first-order chi connectivity index (χ1) is 7.79.